The summed E-state index contributed by atoms with van der Waals surface area (Å²) in [4.78, 5) is 13.8. The van der Waals surface area contributed by atoms with Gasteiger partial charge in [-0.2, -0.15) is 0 Å². The summed E-state index contributed by atoms with van der Waals surface area (Å²) in [5.41, 5.74) is 1.23. The Morgan fingerprint density at radius 1 is 1.40 bits per heavy atom. The van der Waals surface area contributed by atoms with Crippen molar-refractivity contribution in [2.24, 2.45) is 0 Å². The van der Waals surface area contributed by atoms with Crippen molar-refractivity contribution in [1.82, 2.24) is 4.98 Å². The fourth-order valence-corrected chi connectivity index (χ4v) is 3.20. The van der Waals surface area contributed by atoms with Crippen molar-refractivity contribution in [2.75, 3.05) is 10.5 Å². The summed E-state index contributed by atoms with van der Waals surface area (Å²) in [6.07, 6.45) is 0.442. The highest BCUT2D eigenvalue weighted by atomic mass is 32.2. The van der Waals surface area contributed by atoms with Crippen molar-refractivity contribution in [3.63, 3.8) is 0 Å². The van der Waals surface area contributed by atoms with Gasteiger partial charge in [-0.3, -0.25) is 4.72 Å². The van der Waals surface area contributed by atoms with Gasteiger partial charge in [-0.05, 0) is 25.5 Å². The van der Waals surface area contributed by atoms with E-state index in [1.165, 1.54) is 0 Å². The van der Waals surface area contributed by atoms with Gasteiger partial charge in [0, 0.05) is 10.9 Å². The van der Waals surface area contributed by atoms with Crippen molar-refractivity contribution in [2.45, 2.75) is 20.3 Å². The molecular formula is C13H15N2O4S-. The van der Waals surface area contributed by atoms with E-state index in [4.69, 9.17) is 0 Å². The number of fused-ring (bicyclic) bond motifs is 1. The van der Waals surface area contributed by atoms with E-state index in [9.17, 15) is 18.3 Å². The Labute approximate surface area is 116 Å². The molecule has 20 heavy (non-hydrogen) atoms. The Hall–Kier alpha value is -2.02. The Morgan fingerprint density at radius 2 is 2.10 bits per heavy atom. The lowest BCUT2D eigenvalue weighted by molar-refractivity contribution is -0.255. The van der Waals surface area contributed by atoms with Gasteiger partial charge in [-0.1, -0.05) is 18.6 Å². The molecule has 0 aliphatic carbocycles. The first-order chi connectivity index (χ1) is 9.34. The number of aromatic amines is 1. The van der Waals surface area contributed by atoms with Crippen molar-refractivity contribution < 1.29 is 18.3 Å². The largest absolute Gasteiger partial charge is 0.543 e. The quantitative estimate of drug-likeness (QED) is 0.858. The van der Waals surface area contributed by atoms with E-state index in [-0.39, 0.29) is 17.1 Å². The summed E-state index contributed by atoms with van der Waals surface area (Å²) in [5, 5.41) is 11.7. The maximum absolute atomic E-state index is 11.9. The molecule has 1 aromatic carbocycles. The van der Waals surface area contributed by atoms with Gasteiger partial charge in [-0.15, -0.1) is 0 Å². The minimum absolute atomic E-state index is 0.0390. The van der Waals surface area contributed by atoms with E-state index < -0.39 is 16.0 Å². The molecule has 0 saturated heterocycles. The highest BCUT2D eigenvalue weighted by Gasteiger charge is 2.17. The number of aromatic carboxylic acids is 1. The van der Waals surface area contributed by atoms with Gasteiger partial charge in [0.15, 0.2) is 0 Å². The molecule has 1 aromatic heterocycles. The Balaban J connectivity index is 2.62. The van der Waals surface area contributed by atoms with Gasteiger partial charge in [0.05, 0.1) is 23.1 Å². The number of aromatic nitrogens is 1. The monoisotopic (exact) mass is 295 g/mol. The first-order valence-corrected chi connectivity index (χ1v) is 7.83. The molecule has 0 bridgehead atoms. The zero-order valence-corrected chi connectivity index (χ0v) is 12.0. The van der Waals surface area contributed by atoms with E-state index >= 15 is 0 Å². The topological polar surface area (TPSA) is 102 Å². The minimum Gasteiger partial charge on any atom is -0.543 e. The van der Waals surface area contributed by atoms with Crippen LogP contribution in [0.3, 0.4) is 0 Å². The summed E-state index contributed by atoms with van der Waals surface area (Å²) in [7, 11) is -3.58. The maximum atomic E-state index is 11.9. The molecule has 0 radical (unpaired) electrons. The number of H-pyrrole nitrogens is 1. The van der Waals surface area contributed by atoms with Gasteiger partial charge in [0.2, 0.25) is 10.0 Å². The lowest BCUT2D eigenvalue weighted by Gasteiger charge is -2.09. The summed E-state index contributed by atoms with van der Waals surface area (Å²) in [6, 6.07) is 5.24. The molecule has 6 nitrogen and oxygen atoms in total. The van der Waals surface area contributed by atoms with Crippen LogP contribution >= 0.6 is 0 Å². The second-order valence-electron chi connectivity index (χ2n) is 4.63. The summed E-state index contributed by atoms with van der Waals surface area (Å²) in [6.45, 7) is 3.58. The van der Waals surface area contributed by atoms with Gasteiger partial charge in [-0.25, -0.2) is 8.42 Å². The van der Waals surface area contributed by atoms with Crippen molar-refractivity contribution in [1.29, 1.82) is 0 Å². The second-order valence-corrected chi connectivity index (χ2v) is 6.47. The summed E-state index contributed by atoms with van der Waals surface area (Å²) in [5.74, 6) is -1.52. The first-order valence-electron chi connectivity index (χ1n) is 6.18. The minimum atomic E-state index is -3.58. The Bertz CT molecular complexity index is 762. The fourth-order valence-electron chi connectivity index (χ4n) is 2.04. The smallest absolute Gasteiger partial charge is 0.232 e. The molecule has 0 fully saturated rings. The highest BCUT2D eigenvalue weighted by molar-refractivity contribution is 7.92. The average Bonchev–Trinajstić information content (AvgIpc) is 2.67. The summed E-state index contributed by atoms with van der Waals surface area (Å²) < 4.78 is 26.1. The molecule has 0 unspecified atom stereocenters. The van der Waals surface area contributed by atoms with Crippen LogP contribution in [0, 0.1) is 6.92 Å². The number of anilines is 1. The van der Waals surface area contributed by atoms with Crippen LogP contribution in [0.5, 0.6) is 0 Å². The highest BCUT2D eigenvalue weighted by Crippen LogP contribution is 2.29. The number of hydrogen-bond donors (Lipinski definition) is 2. The van der Waals surface area contributed by atoms with Crippen molar-refractivity contribution >= 4 is 32.6 Å². The van der Waals surface area contributed by atoms with E-state index in [0.29, 0.717) is 17.3 Å². The standard InChI is InChI=1S/C13H16N2O4S/c1-3-6-20(18,19)15-11-9-7-8(2)4-5-10(9)14-12(11)13(16)17/h4-5,7,14-15H,3,6H2,1-2H3,(H,16,17)/p-1. The van der Waals surface area contributed by atoms with Gasteiger partial charge in [0.1, 0.15) is 0 Å². The van der Waals surface area contributed by atoms with E-state index in [1.807, 2.05) is 13.0 Å². The number of benzene rings is 1. The predicted octanol–water partition coefficient (Wildman–Crippen LogP) is 0.992. The first kappa shape index (κ1) is 14.4. The van der Waals surface area contributed by atoms with Crippen LogP contribution in [0.15, 0.2) is 18.2 Å². The number of nitrogens with one attached hydrogen (secondary N) is 2. The predicted molar refractivity (Wildman–Crippen MR) is 75.1 cm³/mol. The molecule has 2 rings (SSSR count). The third-order valence-electron chi connectivity index (χ3n) is 2.89. The van der Waals surface area contributed by atoms with Gasteiger partial charge in [0.25, 0.3) is 0 Å². The molecule has 0 spiro atoms. The third-order valence-corrected chi connectivity index (χ3v) is 4.35. The van der Waals surface area contributed by atoms with Crippen LogP contribution in [-0.4, -0.2) is 25.1 Å². The lowest BCUT2D eigenvalue weighted by Crippen LogP contribution is -2.25. The third kappa shape index (κ3) is 2.77. The molecule has 0 saturated carbocycles. The van der Waals surface area contributed by atoms with Crippen LogP contribution in [0.4, 0.5) is 5.69 Å². The SMILES string of the molecule is CCCS(=O)(=O)Nc1c(C(=O)[O-])[nH]c2ccc(C)cc12. The number of aryl methyl sites for hydroxylation is 1. The van der Waals surface area contributed by atoms with Crippen LogP contribution in [0.25, 0.3) is 10.9 Å². The maximum Gasteiger partial charge on any atom is 0.232 e. The molecule has 0 amide bonds. The van der Waals surface area contributed by atoms with E-state index in [1.54, 1.807) is 19.1 Å². The number of carboxylic acid groups (broad SMARTS) is 1. The Kier molecular flexibility index (Phi) is 3.71. The van der Waals surface area contributed by atoms with Gasteiger partial charge >= 0.3 is 0 Å². The molecular weight excluding hydrogens is 280 g/mol. The van der Waals surface area contributed by atoms with Gasteiger partial charge < -0.3 is 14.9 Å². The fraction of sp³-hybridized carbons (Fsp3) is 0.308. The summed E-state index contributed by atoms with van der Waals surface area (Å²) >= 11 is 0. The zero-order valence-electron chi connectivity index (χ0n) is 11.2. The zero-order chi connectivity index (χ0) is 14.9. The van der Waals surface area contributed by atoms with E-state index in [0.717, 1.165) is 5.56 Å². The second kappa shape index (κ2) is 5.16. The average molecular weight is 295 g/mol. The Morgan fingerprint density at radius 3 is 2.70 bits per heavy atom. The number of carboxylic acids is 1. The number of rotatable bonds is 5. The number of sulfonamides is 1. The van der Waals surface area contributed by atoms with Crippen LogP contribution in [-0.2, 0) is 10.0 Å². The van der Waals surface area contributed by atoms with Crippen LogP contribution in [0.2, 0.25) is 0 Å². The molecule has 0 aliphatic rings. The molecule has 0 aliphatic heterocycles. The molecule has 7 heteroatoms. The molecule has 2 aromatic rings. The van der Waals surface area contributed by atoms with E-state index in [2.05, 4.69) is 9.71 Å². The van der Waals surface area contributed by atoms with Crippen molar-refractivity contribution in [3.05, 3.63) is 29.5 Å². The van der Waals surface area contributed by atoms with Crippen LogP contribution < -0.4 is 9.83 Å². The van der Waals surface area contributed by atoms with Crippen molar-refractivity contribution in [3.8, 4) is 0 Å². The number of carbonyl (C=O) groups is 1. The number of hydrogen-bond acceptors (Lipinski definition) is 4. The number of carbonyl (C=O) groups excluding carboxylic acids is 1. The normalized spacial score (nSPS) is 11.7. The lowest BCUT2D eigenvalue weighted by atomic mass is 10.1. The van der Waals surface area contributed by atoms with Crippen LogP contribution in [0.1, 0.15) is 29.4 Å². The molecule has 108 valence electrons. The molecule has 2 N–H and O–H groups in total. The molecule has 0 atom stereocenters. The molecule has 1 heterocycles.